The van der Waals surface area contributed by atoms with Crippen molar-refractivity contribution in [1.82, 2.24) is 16.0 Å². The summed E-state index contributed by atoms with van der Waals surface area (Å²) in [5.41, 5.74) is 16.5. The molecule has 4 atom stereocenters. The molecule has 35 heavy (non-hydrogen) atoms. The zero-order valence-corrected chi connectivity index (χ0v) is 21.0. The Hall–Kier alpha value is -3.07. The summed E-state index contributed by atoms with van der Waals surface area (Å²) >= 11 is 1.52. The molecule has 0 aromatic rings. The van der Waals surface area contributed by atoms with Gasteiger partial charge in [0.1, 0.15) is 18.1 Å². The molecule has 0 saturated heterocycles. The van der Waals surface area contributed by atoms with Gasteiger partial charge in [-0.15, -0.1) is 0 Å². The van der Waals surface area contributed by atoms with Gasteiger partial charge < -0.3 is 43.4 Å². The minimum Gasteiger partial charge on any atom is -0.481 e. The van der Waals surface area contributed by atoms with Crippen molar-refractivity contribution >= 4 is 47.4 Å². The van der Waals surface area contributed by atoms with E-state index in [9.17, 15) is 29.1 Å². The zero-order chi connectivity index (χ0) is 27.1. The lowest BCUT2D eigenvalue weighted by atomic mass is 10.0. The van der Waals surface area contributed by atoms with Gasteiger partial charge in [0.2, 0.25) is 17.7 Å². The monoisotopic (exact) mass is 519 g/mol. The van der Waals surface area contributed by atoms with Crippen LogP contribution in [0.2, 0.25) is 0 Å². The van der Waals surface area contributed by atoms with E-state index in [4.69, 9.17) is 22.3 Å². The summed E-state index contributed by atoms with van der Waals surface area (Å²) in [5, 5.41) is 25.3. The topological polar surface area (TPSA) is 252 Å². The highest BCUT2D eigenvalue weighted by atomic mass is 32.2. The molecule has 0 rings (SSSR count). The molecule has 15 heteroatoms. The first-order valence-corrected chi connectivity index (χ1v) is 12.3. The van der Waals surface area contributed by atoms with Crippen LogP contribution in [-0.2, 0) is 24.0 Å². The summed E-state index contributed by atoms with van der Waals surface area (Å²) in [6.45, 7) is 3.42. The molecule has 0 fully saturated rings. The average molecular weight is 520 g/mol. The Morgan fingerprint density at radius 2 is 1.51 bits per heavy atom. The molecule has 0 aliphatic carbocycles. The Balaban J connectivity index is 5.51. The lowest BCUT2D eigenvalue weighted by Crippen LogP contribution is -2.58. The second kappa shape index (κ2) is 16.5. The number of nitrogens with zero attached hydrogens (tertiary/aromatic N) is 1. The second-order valence-electron chi connectivity index (χ2n) is 8.13. The Labute approximate surface area is 208 Å². The van der Waals surface area contributed by atoms with Gasteiger partial charge in [-0.05, 0) is 37.2 Å². The normalized spacial score (nSPS) is 14.2. The van der Waals surface area contributed by atoms with E-state index >= 15 is 0 Å². The van der Waals surface area contributed by atoms with Crippen molar-refractivity contribution in [1.29, 1.82) is 0 Å². The number of amides is 3. The number of hydrogen-bond donors (Lipinski definition) is 8. The first-order chi connectivity index (χ1) is 16.3. The Morgan fingerprint density at radius 3 is 2.00 bits per heavy atom. The predicted molar refractivity (Wildman–Crippen MR) is 131 cm³/mol. The van der Waals surface area contributed by atoms with E-state index in [2.05, 4.69) is 20.9 Å². The third-order valence-electron chi connectivity index (χ3n) is 4.79. The molecule has 3 amide bonds. The van der Waals surface area contributed by atoms with E-state index in [0.717, 1.165) is 0 Å². The van der Waals surface area contributed by atoms with E-state index in [0.29, 0.717) is 18.6 Å². The molecule has 0 aromatic heterocycles. The quantitative estimate of drug-likeness (QED) is 0.0580. The Bertz CT molecular complexity index is 775. The fourth-order valence-corrected chi connectivity index (χ4v) is 3.34. The maximum absolute atomic E-state index is 13.0. The SMILES string of the molecule is CSCCC(N)C(=O)NC(CCCN=C(N)N)C(=O)NC(C(=O)NC(CC(=O)O)C(=O)O)C(C)C. The predicted octanol–water partition coefficient (Wildman–Crippen LogP) is -2.21. The number of carbonyl (C=O) groups is 5. The first-order valence-electron chi connectivity index (χ1n) is 11.0. The fraction of sp³-hybridized carbons (Fsp3) is 0.700. The highest BCUT2D eigenvalue weighted by Gasteiger charge is 2.32. The molecule has 11 N–H and O–H groups in total. The smallest absolute Gasteiger partial charge is 0.326 e. The minimum absolute atomic E-state index is 0.125. The molecular formula is C20H37N7O7S. The average Bonchev–Trinajstić information content (AvgIpc) is 2.75. The molecule has 0 radical (unpaired) electrons. The number of rotatable bonds is 17. The van der Waals surface area contributed by atoms with E-state index in [1.54, 1.807) is 13.8 Å². The molecule has 0 saturated carbocycles. The largest absolute Gasteiger partial charge is 0.481 e. The number of thioether (sulfide) groups is 1. The van der Waals surface area contributed by atoms with Crippen LogP contribution in [0.3, 0.4) is 0 Å². The van der Waals surface area contributed by atoms with Crippen molar-refractivity contribution in [2.45, 2.75) is 63.7 Å². The van der Waals surface area contributed by atoms with Crippen LogP contribution >= 0.6 is 11.8 Å². The molecule has 200 valence electrons. The lowest BCUT2D eigenvalue weighted by molar-refractivity contribution is -0.147. The standard InChI is InChI=1S/C20H37N7O7S/c1-10(2)15(18(32)26-13(19(33)34)9-14(28)29)27-17(31)12(5-4-7-24-20(22)23)25-16(30)11(21)6-8-35-3/h10-13,15H,4-9,21H2,1-3H3,(H,25,30)(H,26,32)(H,27,31)(H,28,29)(H,33,34)(H4,22,23,24). The van der Waals surface area contributed by atoms with E-state index in [1.165, 1.54) is 11.8 Å². The third-order valence-corrected chi connectivity index (χ3v) is 5.43. The summed E-state index contributed by atoms with van der Waals surface area (Å²) in [4.78, 5) is 64.2. The first kappa shape index (κ1) is 31.9. The minimum atomic E-state index is -1.68. The second-order valence-corrected chi connectivity index (χ2v) is 9.11. The van der Waals surface area contributed by atoms with Crippen LogP contribution in [0.4, 0.5) is 0 Å². The number of carboxylic acid groups (broad SMARTS) is 2. The number of aliphatic imine (C=N–C) groups is 1. The Kier molecular flexibility index (Phi) is 15.1. The van der Waals surface area contributed by atoms with Gasteiger partial charge in [-0.1, -0.05) is 13.8 Å². The number of hydrogen-bond acceptors (Lipinski definition) is 8. The van der Waals surface area contributed by atoms with Crippen molar-refractivity contribution in [3.05, 3.63) is 0 Å². The molecular weight excluding hydrogens is 482 g/mol. The molecule has 0 heterocycles. The molecule has 14 nitrogen and oxygen atoms in total. The molecule has 0 aromatic carbocycles. The molecule has 0 aliphatic heterocycles. The molecule has 0 aliphatic rings. The Morgan fingerprint density at radius 1 is 0.914 bits per heavy atom. The van der Waals surface area contributed by atoms with E-state index < -0.39 is 66.2 Å². The summed E-state index contributed by atoms with van der Waals surface area (Å²) in [6, 6.07) is -4.78. The summed E-state index contributed by atoms with van der Waals surface area (Å²) in [7, 11) is 0. The highest BCUT2D eigenvalue weighted by molar-refractivity contribution is 7.98. The number of carboxylic acids is 2. The van der Waals surface area contributed by atoms with Gasteiger partial charge >= 0.3 is 11.9 Å². The van der Waals surface area contributed by atoms with Gasteiger partial charge in [-0.25, -0.2) is 4.79 Å². The van der Waals surface area contributed by atoms with Gasteiger partial charge in [0, 0.05) is 6.54 Å². The maximum atomic E-state index is 13.0. The summed E-state index contributed by atoms with van der Waals surface area (Å²) < 4.78 is 0. The van der Waals surface area contributed by atoms with Crippen molar-refractivity contribution in [2.75, 3.05) is 18.6 Å². The number of nitrogens with one attached hydrogen (secondary N) is 3. The van der Waals surface area contributed by atoms with Crippen molar-refractivity contribution in [3.8, 4) is 0 Å². The van der Waals surface area contributed by atoms with E-state index in [-0.39, 0.29) is 18.9 Å². The number of carbonyl (C=O) groups excluding carboxylic acids is 3. The molecule has 0 bridgehead atoms. The van der Waals surface area contributed by atoms with Crippen LogP contribution in [0.1, 0.15) is 39.5 Å². The van der Waals surface area contributed by atoms with Crippen LogP contribution in [0, 0.1) is 5.92 Å². The third kappa shape index (κ3) is 13.4. The van der Waals surface area contributed by atoms with Gasteiger partial charge in [-0.3, -0.25) is 24.2 Å². The fourth-order valence-electron chi connectivity index (χ4n) is 2.85. The van der Waals surface area contributed by atoms with Crippen LogP contribution in [0.25, 0.3) is 0 Å². The number of nitrogens with two attached hydrogens (primary N) is 3. The number of aliphatic carboxylic acids is 2. The maximum Gasteiger partial charge on any atom is 0.326 e. The van der Waals surface area contributed by atoms with Gasteiger partial charge in [0.05, 0.1) is 12.5 Å². The highest BCUT2D eigenvalue weighted by Crippen LogP contribution is 2.07. The van der Waals surface area contributed by atoms with Crippen molar-refractivity contribution in [3.63, 3.8) is 0 Å². The van der Waals surface area contributed by atoms with Gasteiger partial charge in [-0.2, -0.15) is 11.8 Å². The zero-order valence-electron chi connectivity index (χ0n) is 20.2. The van der Waals surface area contributed by atoms with Crippen LogP contribution in [-0.4, -0.2) is 88.6 Å². The van der Waals surface area contributed by atoms with Crippen molar-refractivity contribution < 1.29 is 34.2 Å². The van der Waals surface area contributed by atoms with Crippen molar-refractivity contribution in [2.24, 2.45) is 28.1 Å². The van der Waals surface area contributed by atoms with E-state index in [1.807, 2.05) is 6.26 Å². The van der Waals surface area contributed by atoms with Crippen LogP contribution < -0.4 is 33.2 Å². The van der Waals surface area contributed by atoms with Gasteiger partial charge in [0.15, 0.2) is 5.96 Å². The van der Waals surface area contributed by atoms with Crippen LogP contribution in [0.5, 0.6) is 0 Å². The van der Waals surface area contributed by atoms with Gasteiger partial charge in [0.25, 0.3) is 0 Å². The molecule has 4 unspecified atom stereocenters. The lowest BCUT2D eigenvalue weighted by Gasteiger charge is -2.27. The molecule has 0 spiro atoms. The van der Waals surface area contributed by atoms with Crippen LogP contribution in [0.15, 0.2) is 4.99 Å². The number of guanidine groups is 1. The summed E-state index contributed by atoms with van der Waals surface area (Å²) in [5.74, 6) is -5.02. The summed E-state index contributed by atoms with van der Waals surface area (Å²) in [6.07, 6.45) is 1.89.